The molecule has 0 spiro atoms. The molecule has 0 aromatic heterocycles. The van der Waals surface area contributed by atoms with Crippen LogP contribution in [0.4, 0.5) is 13.2 Å². The molecule has 2 rings (SSSR count). The lowest BCUT2D eigenvalue weighted by molar-refractivity contribution is -0.294. The maximum absolute atomic E-state index is 13.0. The fraction of sp³-hybridized carbons (Fsp3) is 0.273. The van der Waals surface area contributed by atoms with Crippen molar-refractivity contribution in [1.82, 2.24) is 5.01 Å². The molecule has 1 aliphatic rings. The van der Waals surface area contributed by atoms with Crippen molar-refractivity contribution in [2.75, 3.05) is 0 Å². The van der Waals surface area contributed by atoms with Crippen LogP contribution in [0.25, 0.3) is 0 Å². The number of hydrogen-bond acceptors (Lipinski definition) is 3. The molecular formula is C11H10F3N3OS. The average Bonchev–Trinajstić information content (AvgIpc) is 2.69. The molecule has 1 heterocycles. The number of thiocarbonyl (C=S) groups is 1. The van der Waals surface area contributed by atoms with E-state index in [0.717, 1.165) is 0 Å². The van der Waals surface area contributed by atoms with Crippen molar-refractivity contribution in [3.05, 3.63) is 35.9 Å². The van der Waals surface area contributed by atoms with Crippen LogP contribution >= 0.6 is 12.2 Å². The lowest BCUT2D eigenvalue weighted by Crippen LogP contribution is -2.57. The second-order valence-electron chi connectivity index (χ2n) is 4.05. The van der Waals surface area contributed by atoms with Gasteiger partial charge in [-0.25, -0.2) is 0 Å². The van der Waals surface area contributed by atoms with Gasteiger partial charge in [0.25, 0.3) is 5.72 Å². The molecular weight excluding hydrogens is 279 g/mol. The van der Waals surface area contributed by atoms with Crippen LogP contribution in [0.2, 0.25) is 0 Å². The molecule has 1 aromatic carbocycles. The Hall–Kier alpha value is -1.67. The van der Waals surface area contributed by atoms with Crippen LogP contribution in [0.1, 0.15) is 12.0 Å². The number of rotatable bonds is 1. The van der Waals surface area contributed by atoms with E-state index in [2.05, 4.69) is 17.3 Å². The number of halogens is 3. The minimum absolute atomic E-state index is 0.0771. The van der Waals surface area contributed by atoms with Crippen LogP contribution in [-0.2, 0) is 0 Å². The van der Waals surface area contributed by atoms with Gasteiger partial charge in [0.1, 0.15) is 0 Å². The fourth-order valence-corrected chi connectivity index (χ4v) is 1.98. The highest BCUT2D eigenvalue weighted by Crippen LogP contribution is 2.40. The summed E-state index contributed by atoms with van der Waals surface area (Å²) in [6.45, 7) is 0. The van der Waals surface area contributed by atoms with Crippen LogP contribution in [0.5, 0.6) is 0 Å². The van der Waals surface area contributed by atoms with Crippen LogP contribution in [0.3, 0.4) is 0 Å². The summed E-state index contributed by atoms with van der Waals surface area (Å²) in [5, 5.41) is 13.1. The molecule has 8 heteroatoms. The Kier molecular flexibility index (Phi) is 3.23. The molecule has 0 fully saturated rings. The number of hydrazone groups is 1. The Morgan fingerprint density at radius 3 is 2.37 bits per heavy atom. The van der Waals surface area contributed by atoms with Gasteiger partial charge in [0.2, 0.25) is 0 Å². The van der Waals surface area contributed by atoms with Crippen LogP contribution in [0, 0.1) is 0 Å². The second-order valence-corrected chi connectivity index (χ2v) is 4.47. The first-order valence-corrected chi connectivity index (χ1v) is 5.68. The fourth-order valence-electron chi connectivity index (χ4n) is 1.79. The minimum atomic E-state index is -4.92. The van der Waals surface area contributed by atoms with Crippen molar-refractivity contribution in [2.24, 2.45) is 10.8 Å². The zero-order valence-corrected chi connectivity index (χ0v) is 10.4. The van der Waals surface area contributed by atoms with Crippen molar-refractivity contribution in [3.8, 4) is 0 Å². The first-order chi connectivity index (χ1) is 8.75. The summed E-state index contributed by atoms with van der Waals surface area (Å²) < 4.78 is 38.9. The predicted molar refractivity (Wildman–Crippen MR) is 67.2 cm³/mol. The summed E-state index contributed by atoms with van der Waals surface area (Å²) in [5.41, 5.74) is 2.56. The highest BCUT2D eigenvalue weighted by atomic mass is 32.1. The van der Waals surface area contributed by atoms with E-state index < -0.39 is 23.4 Å². The van der Waals surface area contributed by atoms with Crippen molar-refractivity contribution in [3.63, 3.8) is 0 Å². The molecule has 1 aliphatic heterocycles. The van der Waals surface area contributed by atoms with E-state index in [1.807, 2.05) is 0 Å². The molecule has 3 N–H and O–H groups in total. The molecule has 1 aromatic rings. The Labute approximate surface area is 112 Å². The van der Waals surface area contributed by atoms with Gasteiger partial charge in [-0.05, 0) is 17.8 Å². The van der Waals surface area contributed by atoms with Crippen molar-refractivity contribution >= 4 is 23.0 Å². The number of alkyl halides is 3. The molecule has 0 bridgehead atoms. The lowest BCUT2D eigenvalue weighted by atomic mass is 10.0. The maximum atomic E-state index is 13.0. The maximum Gasteiger partial charge on any atom is 0.438 e. The van der Waals surface area contributed by atoms with Crippen LogP contribution in [-0.4, -0.2) is 32.8 Å². The van der Waals surface area contributed by atoms with Gasteiger partial charge in [0.05, 0.1) is 12.1 Å². The van der Waals surface area contributed by atoms with E-state index in [9.17, 15) is 18.3 Å². The zero-order chi connectivity index (χ0) is 14.3. The van der Waals surface area contributed by atoms with E-state index in [4.69, 9.17) is 5.73 Å². The van der Waals surface area contributed by atoms with Crippen molar-refractivity contribution in [1.29, 1.82) is 0 Å². The summed E-state index contributed by atoms with van der Waals surface area (Å²) in [6.07, 6.45) is -5.64. The summed E-state index contributed by atoms with van der Waals surface area (Å²) in [5.74, 6) is 0. The van der Waals surface area contributed by atoms with Crippen molar-refractivity contribution in [2.45, 2.75) is 18.3 Å². The average molecular weight is 289 g/mol. The summed E-state index contributed by atoms with van der Waals surface area (Å²) in [7, 11) is 0. The largest absolute Gasteiger partial charge is 0.438 e. The normalized spacial score (nSPS) is 23.4. The van der Waals surface area contributed by atoms with Gasteiger partial charge < -0.3 is 10.8 Å². The molecule has 4 nitrogen and oxygen atoms in total. The second kappa shape index (κ2) is 4.46. The smallest absolute Gasteiger partial charge is 0.375 e. The Bertz CT molecular complexity index is 532. The van der Waals surface area contributed by atoms with Gasteiger partial charge in [-0.1, -0.05) is 30.3 Å². The van der Waals surface area contributed by atoms with E-state index in [-0.39, 0.29) is 10.7 Å². The van der Waals surface area contributed by atoms with E-state index in [1.165, 1.54) is 0 Å². The van der Waals surface area contributed by atoms with Gasteiger partial charge in [-0.15, -0.1) is 0 Å². The first kappa shape index (κ1) is 13.8. The van der Waals surface area contributed by atoms with Crippen LogP contribution in [0.15, 0.2) is 35.4 Å². The molecule has 0 amide bonds. The Morgan fingerprint density at radius 2 is 1.95 bits per heavy atom. The van der Waals surface area contributed by atoms with E-state index in [0.29, 0.717) is 5.56 Å². The quantitative estimate of drug-likeness (QED) is 0.771. The van der Waals surface area contributed by atoms with Gasteiger partial charge in [-0.2, -0.15) is 23.3 Å². The molecule has 0 unspecified atom stereocenters. The van der Waals surface area contributed by atoms with Gasteiger partial charge in [-0.3, -0.25) is 0 Å². The molecule has 19 heavy (non-hydrogen) atoms. The highest BCUT2D eigenvalue weighted by Gasteiger charge is 2.62. The van der Waals surface area contributed by atoms with E-state index in [1.54, 1.807) is 30.3 Å². The summed E-state index contributed by atoms with van der Waals surface area (Å²) in [4.78, 5) is 0. The van der Waals surface area contributed by atoms with Gasteiger partial charge in [0.15, 0.2) is 5.11 Å². The number of hydrogen-bond donors (Lipinski definition) is 2. The monoisotopic (exact) mass is 289 g/mol. The Morgan fingerprint density at radius 1 is 1.37 bits per heavy atom. The third-order valence-corrected chi connectivity index (χ3v) is 2.93. The molecule has 1 atom stereocenters. The number of nitrogens with two attached hydrogens (primary N) is 1. The van der Waals surface area contributed by atoms with Crippen molar-refractivity contribution < 1.29 is 18.3 Å². The molecule has 102 valence electrons. The predicted octanol–water partition coefficient (Wildman–Crippen LogP) is 1.59. The molecule has 0 radical (unpaired) electrons. The molecule has 0 saturated heterocycles. The standard InChI is InChI=1S/C11H10F3N3OS/c12-11(13,14)10(18)6-8(16-17(10)9(15)19)7-4-2-1-3-5-7/h1-5,18H,6H2,(H2,15,19)/t10-/m0/s1. The lowest BCUT2D eigenvalue weighted by Gasteiger charge is -2.32. The van der Waals surface area contributed by atoms with E-state index >= 15 is 0 Å². The number of benzene rings is 1. The third-order valence-electron chi connectivity index (χ3n) is 2.75. The molecule has 0 saturated carbocycles. The summed E-state index contributed by atoms with van der Waals surface area (Å²) >= 11 is 4.51. The molecule has 0 aliphatic carbocycles. The SMILES string of the molecule is NC(=S)N1N=C(c2ccccc2)C[C@]1(O)C(F)(F)F. The van der Waals surface area contributed by atoms with Crippen LogP contribution < -0.4 is 5.73 Å². The first-order valence-electron chi connectivity index (χ1n) is 5.27. The summed E-state index contributed by atoms with van der Waals surface area (Å²) in [6, 6.07) is 8.24. The van der Waals surface area contributed by atoms with Gasteiger partial charge >= 0.3 is 6.18 Å². The third kappa shape index (κ3) is 2.28. The zero-order valence-electron chi connectivity index (χ0n) is 9.55. The van der Waals surface area contributed by atoms with Gasteiger partial charge in [0, 0.05) is 0 Å². The number of nitrogens with zero attached hydrogens (tertiary/aromatic N) is 2. The minimum Gasteiger partial charge on any atom is -0.375 e. The topological polar surface area (TPSA) is 61.8 Å². The number of aliphatic hydroxyl groups is 1. The Balaban J connectivity index is 2.42. The highest BCUT2D eigenvalue weighted by molar-refractivity contribution is 7.80.